The predicted molar refractivity (Wildman–Crippen MR) is 101 cm³/mol. The van der Waals surface area contributed by atoms with Crippen molar-refractivity contribution in [1.82, 2.24) is 4.98 Å². The Hall–Kier alpha value is -1.77. The summed E-state index contributed by atoms with van der Waals surface area (Å²) in [6, 6.07) is 12.0. The third kappa shape index (κ3) is 3.91. The molecule has 0 atom stereocenters. The third-order valence-electron chi connectivity index (χ3n) is 3.49. The quantitative estimate of drug-likeness (QED) is 0.574. The Labute approximate surface area is 158 Å². The summed E-state index contributed by atoms with van der Waals surface area (Å²) in [5, 5.41) is 2.67. The molecular formula is C17H14BrFN2O2S2. The molecule has 0 aliphatic carbocycles. The third-order valence-corrected chi connectivity index (χ3v) is 7.10. The minimum Gasteiger partial charge on any atom is -0.260 e. The monoisotopic (exact) mass is 440 g/mol. The molecule has 25 heavy (non-hydrogen) atoms. The van der Waals surface area contributed by atoms with Gasteiger partial charge in [0.1, 0.15) is 10.7 Å². The first kappa shape index (κ1) is 18.0. The van der Waals surface area contributed by atoms with Gasteiger partial charge in [-0.15, -0.1) is 11.3 Å². The van der Waals surface area contributed by atoms with Crippen LogP contribution >= 0.6 is 27.3 Å². The minimum absolute atomic E-state index is 0.0691. The normalized spacial score (nSPS) is 11.5. The molecule has 0 aliphatic rings. The van der Waals surface area contributed by atoms with Crippen LogP contribution in [-0.2, 0) is 16.6 Å². The number of anilines is 1. The lowest BCUT2D eigenvalue weighted by atomic mass is 10.3. The molecular weight excluding hydrogens is 427 g/mol. The summed E-state index contributed by atoms with van der Waals surface area (Å²) in [7, 11) is -3.86. The fraction of sp³-hybridized carbons (Fsp3) is 0.118. The van der Waals surface area contributed by atoms with Crippen molar-refractivity contribution < 1.29 is 12.8 Å². The van der Waals surface area contributed by atoms with Crippen LogP contribution in [0.4, 0.5) is 10.1 Å². The summed E-state index contributed by atoms with van der Waals surface area (Å²) >= 11 is 4.75. The molecule has 3 rings (SSSR count). The van der Waals surface area contributed by atoms with Gasteiger partial charge in [0.15, 0.2) is 0 Å². The van der Waals surface area contributed by atoms with Crippen LogP contribution < -0.4 is 4.31 Å². The lowest BCUT2D eigenvalue weighted by molar-refractivity contribution is 0.589. The Kier molecular flexibility index (Phi) is 5.21. The van der Waals surface area contributed by atoms with Crippen molar-refractivity contribution in [2.24, 2.45) is 0 Å². The number of hydrogen-bond acceptors (Lipinski definition) is 4. The summed E-state index contributed by atoms with van der Waals surface area (Å²) in [5.41, 5.74) is 1.02. The van der Waals surface area contributed by atoms with E-state index in [4.69, 9.17) is 0 Å². The molecule has 2 aromatic carbocycles. The van der Waals surface area contributed by atoms with Gasteiger partial charge in [-0.05, 0) is 59.3 Å². The molecule has 0 aliphatic heterocycles. The van der Waals surface area contributed by atoms with Crippen LogP contribution in [-0.4, -0.2) is 13.4 Å². The number of sulfonamides is 1. The van der Waals surface area contributed by atoms with Gasteiger partial charge in [0.05, 0.1) is 22.9 Å². The zero-order valence-corrected chi connectivity index (χ0v) is 16.4. The van der Waals surface area contributed by atoms with E-state index in [0.29, 0.717) is 15.9 Å². The first-order valence-corrected chi connectivity index (χ1v) is 10.4. The van der Waals surface area contributed by atoms with Gasteiger partial charge in [-0.2, -0.15) is 0 Å². The number of aryl methyl sites for hydroxylation is 1. The van der Waals surface area contributed by atoms with Crippen molar-refractivity contribution in [3.05, 3.63) is 74.9 Å². The van der Waals surface area contributed by atoms with Crippen molar-refractivity contribution in [2.45, 2.75) is 18.4 Å². The average molecular weight is 441 g/mol. The van der Waals surface area contributed by atoms with Gasteiger partial charge in [0.2, 0.25) is 0 Å². The smallest absolute Gasteiger partial charge is 0.260 e. The van der Waals surface area contributed by atoms with E-state index in [9.17, 15) is 12.8 Å². The van der Waals surface area contributed by atoms with Crippen LogP contribution in [0.3, 0.4) is 0 Å². The highest BCUT2D eigenvalue weighted by Crippen LogP contribution is 2.30. The van der Waals surface area contributed by atoms with E-state index in [1.54, 1.807) is 18.2 Å². The number of nitrogens with zero attached hydrogens (tertiary/aromatic N) is 2. The minimum atomic E-state index is -3.86. The van der Waals surface area contributed by atoms with Gasteiger partial charge in [0.25, 0.3) is 10.0 Å². The maximum absolute atomic E-state index is 13.3. The number of halogens is 2. The average Bonchev–Trinajstić information content (AvgIpc) is 2.99. The van der Waals surface area contributed by atoms with E-state index in [1.807, 2.05) is 12.3 Å². The predicted octanol–water partition coefficient (Wildman–Crippen LogP) is 4.75. The van der Waals surface area contributed by atoms with Gasteiger partial charge in [0, 0.05) is 9.85 Å². The van der Waals surface area contributed by atoms with Crippen LogP contribution in [0.5, 0.6) is 0 Å². The molecule has 0 N–H and O–H groups in total. The second-order valence-electron chi connectivity index (χ2n) is 5.28. The summed E-state index contributed by atoms with van der Waals surface area (Å²) in [5.74, 6) is -0.425. The molecule has 8 heteroatoms. The fourth-order valence-electron chi connectivity index (χ4n) is 2.32. The van der Waals surface area contributed by atoms with Crippen LogP contribution in [0.25, 0.3) is 0 Å². The molecule has 0 bridgehead atoms. The number of thiazole rings is 1. The van der Waals surface area contributed by atoms with Gasteiger partial charge in [-0.3, -0.25) is 4.31 Å². The van der Waals surface area contributed by atoms with E-state index in [-0.39, 0.29) is 11.4 Å². The molecule has 0 unspecified atom stereocenters. The van der Waals surface area contributed by atoms with Crippen LogP contribution in [0.1, 0.15) is 10.7 Å². The Balaban J connectivity index is 2.09. The van der Waals surface area contributed by atoms with E-state index in [1.165, 1.54) is 46.0 Å². The molecule has 0 fully saturated rings. The maximum Gasteiger partial charge on any atom is 0.265 e. The lowest BCUT2D eigenvalue weighted by Crippen LogP contribution is -2.31. The largest absolute Gasteiger partial charge is 0.265 e. The van der Waals surface area contributed by atoms with Crippen molar-refractivity contribution in [1.29, 1.82) is 0 Å². The molecule has 1 heterocycles. The SMILES string of the molecule is Cc1nc(CN(c2ccc(F)cc2)S(=O)(=O)c2ccccc2Br)cs1. The Bertz CT molecular complexity index is 988. The molecule has 0 spiro atoms. The van der Waals surface area contributed by atoms with Gasteiger partial charge >= 0.3 is 0 Å². The first-order valence-electron chi connectivity index (χ1n) is 7.32. The first-order chi connectivity index (χ1) is 11.9. The summed E-state index contributed by atoms with van der Waals surface area (Å²) in [6.45, 7) is 1.93. The van der Waals surface area contributed by atoms with Crippen molar-refractivity contribution in [2.75, 3.05) is 4.31 Å². The summed E-state index contributed by atoms with van der Waals surface area (Å²) in [6.07, 6.45) is 0. The number of benzene rings is 2. The number of rotatable bonds is 5. The zero-order valence-electron chi connectivity index (χ0n) is 13.2. The molecule has 3 aromatic rings. The zero-order chi connectivity index (χ0) is 18.0. The standard InChI is InChI=1S/C17H14BrFN2O2S2/c1-12-20-14(11-24-12)10-21(15-8-6-13(19)7-9-15)25(22,23)17-5-3-2-4-16(17)18/h2-9,11H,10H2,1H3. The highest BCUT2D eigenvalue weighted by atomic mass is 79.9. The Morgan fingerprint density at radius 2 is 1.84 bits per heavy atom. The van der Waals surface area contributed by atoms with Crippen LogP contribution in [0.15, 0.2) is 63.3 Å². The number of hydrogen-bond donors (Lipinski definition) is 0. The number of aromatic nitrogens is 1. The molecule has 0 radical (unpaired) electrons. The molecule has 130 valence electrons. The molecule has 1 aromatic heterocycles. The van der Waals surface area contributed by atoms with E-state index < -0.39 is 15.8 Å². The Morgan fingerprint density at radius 3 is 2.44 bits per heavy atom. The Morgan fingerprint density at radius 1 is 1.16 bits per heavy atom. The van der Waals surface area contributed by atoms with Crippen molar-refractivity contribution in [3.63, 3.8) is 0 Å². The highest BCUT2D eigenvalue weighted by Gasteiger charge is 2.27. The van der Waals surface area contributed by atoms with E-state index >= 15 is 0 Å². The van der Waals surface area contributed by atoms with Gasteiger partial charge in [-0.1, -0.05) is 12.1 Å². The van der Waals surface area contributed by atoms with E-state index in [2.05, 4.69) is 20.9 Å². The van der Waals surface area contributed by atoms with Crippen molar-refractivity contribution >= 4 is 43.0 Å². The summed E-state index contributed by atoms with van der Waals surface area (Å²) in [4.78, 5) is 4.49. The summed E-state index contributed by atoms with van der Waals surface area (Å²) < 4.78 is 41.4. The second-order valence-corrected chi connectivity index (χ2v) is 9.02. The van der Waals surface area contributed by atoms with E-state index in [0.717, 1.165) is 5.01 Å². The molecule has 4 nitrogen and oxygen atoms in total. The highest BCUT2D eigenvalue weighted by molar-refractivity contribution is 9.10. The van der Waals surface area contributed by atoms with Gasteiger partial charge in [-0.25, -0.2) is 17.8 Å². The molecule has 0 saturated carbocycles. The second kappa shape index (κ2) is 7.23. The van der Waals surface area contributed by atoms with Crippen molar-refractivity contribution in [3.8, 4) is 0 Å². The van der Waals surface area contributed by atoms with Crippen LogP contribution in [0, 0.1) is 12.7 Å². The van der Waals surface area contributed by atoms with Gasteiger partial charge < -0.3 is 0 Å². The lowest BCUT2D eigenvalue weighted by Gasteiger charge is -2.24. The fourth-order valence-corrected chi connectivity index (χ4v) is 5.33. The maximum atomic E-state index is 13.3. The topological polar surface area (TPSA) is 50.3 Å². The molecule has 0 amide bonds. The molecule has 0 saturated heterocycles. The van der Waals surface area contributed by atoms with Crippen LogP contribution in [0.2, 0.25) is 0 Å².